The molecule has 1 aliphatic rings. The lowest BCUT2D eigenvalue weighted by molar-refractivity contribution is 0.0585. The molecule has 5 nitrogen and oxygen atoms in total. The molecule has 3 N–H and O–H groups in total. The summed E-state index contributed by atoms with van der Waals surface area (Å²) in [6.45, 7) is 3.16. The number of halogens is 1. The first kappa shape index (κ1) is 16.4. The number of rotatable bonds is 5. The highest BCUT2D eigenvalue weighted by Gasteiger charge is 2.27. The van der Waals surface area contributed by atoms with Gasteiger partial charge in [0.05, 0.1) is 4.90 Å². The fraction of sp³-hybridized carbons (Fsp3) is 0.571. The van der Waals surface area contributed by atoms with Crippen molar-refractivity contribution in [3.8, 4) is 0 Å². The molecule has 7 heteroatoms. The van der Waals surface area contributed by atoms with Crippen LogP contribution in [0.5, 0.6) is 0 Å². The monoisotopic (exact) mass is 316 g/mol. The lowest BCUT2D eigenvalue weighted by Crippen LogP contribution is -2.40. The first-order valence-corrected chi connectivity index (χ1v) is 8.51. The van der Waals surface area contributed by atoms with Crippen molar-refractivity contribution in [1.29, 1.82) is 0 Å². The van der Waals surface area contributed by atoms with E-state index in [4.69, 9.17) is 10.5 Å². The zero-order valence-electron chi connectivity index (χ0n) is 12.0. The smallest absolute Gasteiger partial charge is 0.241 e. The van der Waals surface area contributed by atoms with Gasteiger partial charge in [-0.25, -0.2) is 17.5 Å². The topological polar surface area (TPSA) is 81.4 Å². The highest BCUT2D eigenvalue weighted by Crippen LogP contribution is 2.22. The first-order valence-electron chi connectivity index (χ1n) is 7.02. The van der Waals surface area contributed by atoms with Gasteiger partial charge in [-0.15, -0.1) is 0 Å². The zero-order chi connectivity index (χ0) is 15.5. The minimum Gasteiger partial charge on any atom is -0.381 e. The maximum atomic E-state index is 13.4. The maximum Gasteiger partial charge on any atom is 0.241 e. The standard InChI is InChI=1S/C14H21FN2O3S/c1-10(11-4-6-20-7-5-11)17-21(18,19)14-8-13(15)3-2-12(14)9-16/h2-3,8,10-11,17H,4-7,9,16H2,1H3. The van der Waals surface area contributed by atoms with Gasteiger partial charge in [0.2, 0.25) is 10.0 Å². The molecule has 1 atom stereocenters. The lowest BCUT2D eigenvalue weighted by atomic mass is 9.94. The van der Waals surface area contributed by atoms with Crippen molar-refractivity contribution in [1.82, 2.24) is 4.72 Å². The van der Waals surface area contributed by atoms with Gasteiger partial charge in [-0.1, -0.05) is 6.07 Å². The number of nitrogens with two attached hydrogens (primary N) is 1. The molecule has 0 aromatic heterocycles. The van der Waals surface area contributed by atoms with Crippen LogP contribution in [0.1, 0.15) is 25.3 Å². The van der Waals surface area contributed by atoms with Gasteiger partial charge in [-0.05, 0) is 43.4 Å². The van der Waals surface area contributed by atoms with Crippen LogP contribution in [0.15, 0.2) is 23.1 Å². The van der Waals surface area contributed by atoms with Gasteiger partial charge in [0.15, 0.2) is 0 Å². The molecule has 0 bridgehead atoms. The third-order valence-corrected chi connectivity index (χ3v) is 5.49. The molecule has 1 saturated heterocycles. The third-order valence-electron chi connectivity index (χ3n) is 3.85. The quantitative estimate of drug-likeness (QED) is 0.860. The Balaban J connectivity index is 2.19. The molecule has 0 spiro atoms. The second-order valence-corrected chi connectivity index (χ2v) is 7.00. The number of benzene rings is 1. The summed E-state index contributed by atoms with van der Waals surface area (Å²) in [6.07, 6.45) is 1.63. The van der Waals surface area contributed by atoms with E-state index in [0.29, 0.717) is 18.8 Å². The van der Waals surface area contributed by atoms with Crippen LogP contribution >= 0.6 is 0 Å². The summed E-state index contributed by atoms with van der Waals surface area (Å²) in [4.78, 5) is -0.0797. The second kappa shape index (κ2) is 6.83. The zero-order valence-corrected chi connectivity index (χ0v) is 12.8. The van der Waals surface area contributed by atoms with Crippen LogP contribution in [0.2, 0.25) is 0 Å². The van der Waals surface area contributed by atoms with E-state index in [1.807, 2.05) is 6.92 Å². The van der Waals surface area contributed by atoms with Crippen LogP contribution in [-0.4, -0.2) is 27.7 Å². The van der Waals surface area contributed by atoms with E-state index in [0.717, 1.165) is 18.9 Å². The number of ether oxygens (including phenoxy) is 1. The van der Waals surface area contributed by atoms with Gasteiger partial charge < -0.3 is 10.5 Å². The highest BCUT2D eigenvalue weighted by molar-refractivity contribution is 7.89. The van der Waals surface area contributed by atoms with Crippen molar-refractivity contribution >= 4 is 10.0 Å². The molecule has 0 amide bonds. The molecule has 2 rings (SSSR count). The SMILES string of the molecule is CC(NS(=O)(=O)c1cc(F)ccc1CN)C1CCOCC1. The Kier molecular flexibility index (Phi) is 5.32. The molecule has 1 unspecified atom stereocenters. The normalized spacial score (nSPS) is 18.6. The third kappa shape index (κ3) is 4.00. The van der Waals surface area contributed by atoms with Crippen LogP contribution < -0.4 is 10.5 Å². The minimum absolute atomic E-state index is 0.0438. The average molecular weight is 316 g/mol. The van der Waals surface area contributed by atoms with Gasteiger partial charge in [0.1, 0.15) is 5.82 Å². The largest absolute Gasteiger partial charge is 0.381 e. The molecular formula is C14H21FN2O3S. The molecule has 21 heavy (non-hydrogen) atoms. The molecule has 1 heterocycles. The van der Waals surface area contributed by atoms with Crippen molar-refractivity contribution in [2.75, 3.05) is 13.2 Å². The molecule has 1 aromatic carbocycles. The summed E-state index contributed by atoms with van der Waals surface area (Å²) in [5, 5.41) is 0. The lowest BCUT2D eigenvalue weighted by Gasteiger charge is -2.28. The highest BCUT2D eigenvalue weighted by atomic mass is 32.2. The number of nitrogens with one attached hydrogen (secondary N) is 1. The van der Waals surface area contributed by atoms with Gasteiger partial charge in [-0.2, -0.15) is 0 Å². The van der Waals surface area contributed by atoms with E-state index in [1.54, 1.807) is 0 Å². The van der Waals surface area contributed by atoms with Crippen LogP contribution in [0, 0.1) is 11.7 Å². The molecule has 0 saturated carbocycles. The van der Waals surface area contributed by atoms with Gasteiger partial charge in [0.25, 0.3) is 0 Å². The second-order valence-electron chi connectivity index (χ2n) is 5.32. The van der Waals surface area contributed by atoms with Crippen molar-refractivity contribution in [2.45, 2.75) is 37.2 Å². The van der Waals surface area contributed by atoms with E-state index in [2.05, 4.69) is 4.72 Å². The maximum absolute atomic E-state index is 13.4. The van der Waals surface area contributed by atoms with Crippen molar-refractivity contribution < 1.29 is 17.5 Å². The minimum atomic E-state index is -3.78. The molecule has 0 radical (unpaired) electrons. The Bertz CT molecular complexity index is 586. The Morgan fingerprint density at radius 2 is 2.10 bits per heavy atom. The van der Waals surface area contributed by atoms with Crippen molar-refractivity contribution in [3.63, 3.8) is 0 Å². The number of hydrogen-bond donors (Lipinski definition) is 2. The number of sulfonamides is 1. The summed E-state index contributed by atoms with van der Waals surface area (Å²) in [7, 11) is -3.78. The van der Waals surface area contributed by atoms with Gasteiger partial charge >= 0.3 is 0 Å². The van der Waals surface area contributed by atoms with Crippen molar-refractivity contribution in [2.24, 2.45) is 11.7 Å². The molecular weight excluding hydrogens is 295 g/mol. The van der Waals surface area contributed by atoms with Crippen LogP contribution in [0.4, 0.5) is 4.39 Å². The van der Waals surface area contributed by atoms with Crippen LogP contribution in [-0.2, 0) is 21.3 Å². The molecule has 0 aliphatic carbocycles. The Morgan fingerprint density at radius 3 is 2.71 bits per heavy atom. The predicted octanol–water partition coefficient (Wildman–Crippen LogP) is 1.38. The Hall–Kier alpha value is -1.02. The van der Waals surface area contributed by atoms with E-state index in [1.165, 1.54) is 12.1 Å². The summed E-state index contributed by atoms with van der Waals surface area (Å²) >= 11 is 0. The fourth-order valence-corrected chi connectivity index (χ4v) is 4.14. The summed E-state index contributed by atoms with van der Waals surface area (Å²) in [6, 6.07) is 3.40. The first-order chi connectivity index (χ1) is 9.94. The Labute approximate surface area is 124 Å². The van der Waals surface area contributed by atoms with E-state index in [9.17, 15) is 12.8 Å². The predicted molar refractivity (Wildman–Crippen MR) is 77.6 cm³/mol. The van der Waals surface area contributed by atoms with E-state index >= 15 is 0 Å². The summed E-state index contributed by atoms with van der Waals surface area (Å²) < 4.78 is 46.2. The number of hydrogen-bond acceptors (Lipinski definition) is 4. The molecule has 1 fully saturated rings. The van der Waals surface area contributed by atoms with Gasteiger partial charge in [-0.3, -0.25) is 0 Å². The fourth-order valence-electron chi connectivity index (χ4n) is 2.57. The average Bonchev–Trinajstić information content (AvgIpc) is 2.47. The molecule has 118 valence electrons. The summed E-state index contributed by atoms with van der Waals surface area (Å²) in [5.41, 5.74) is 5.95. The van der Waals surface area contributed by atoms with Crippen molar-refractivity contribution in [3.05, 3.63) is 29.6 Å². The molecule has 1 aromatic rings. The summed E-state index contributed by atoms with van der Waals surface area (Å²) in [5.74, 6) is -0.366. The van der Waals surface area contributed by atoms with Gasteiger partial charge in [0, 0.05) is 25.8 Å². The van der Waals surface area contributed by atoms with E-state index in [-0.39, 0.29) is 23.4 Å². The van der Waals surface area contributed by atoms with E-state index < -0.39 is 15.8 Å². The molecule has 1 aliphatic heterocycles. The van der Waals surface area contributed by atoms with Crippen LogP contribution in [0.3, 0.4) is 0 Å². The Morgan fingerprint density at radius 1 is 1.43 bits per heavy atom. The van der Waals surface area contributed by atoms with Crippen LogP contribution in [0.25, 0.3) is 0 Å².